The second-order valence-corrected chi connectivity index (χ2v) is 3.58. The minimum absolute atomic E-state index is 0.0886. The third-order valence-electron chi connectivity index (χ3n) is 1.87. The van der Waals surface area contributed by atoms with E-state index in [0.29, 0.717) is 10.0 Å². The van der Waals surface area contributed by atoms with Crippen molar-refractivity contribution < 1.29 is 5.11 Å². The van der Waals surface area contributed by atoms with Gasteiger partial charge in [0.1, 0.15) is 11.8 Å². The number of hydrogen-bond acceptors (Lipinski definition) is 3. The summed E-state index contributed by atoms with van der Waals surface area (Å²) in [7, 11) is 0. The number of benzene rings is 1. The summed E-state index contributed by atoms with van der Waals surface area (Å²) in [4.78, 5) is 0. The number of halogens is 1. The topological polar surface area (TPSA) is 70.0 Å². The molecule has 0 aromatic heterocycles. The van der Waals surface area contributed by atoms with Crippen LogP contribution in [-0.2, 0) is 0 Å². The molecule has 0 saturated carbocycles. The summed E-state index contributed by atoms with van der Waals surface area (Å²) in [5.74, 6) is -0.0886. The molecule has 0 amide bonds. The lowest BCUT2D eigenvalue weighted by Gasteiger charge is -2.12. The minimum Gasteiger partial charge on any atom is -0.506 e. The maximum absolute atomic E-state index is 9.69. The maximum Gasteiger partial charge on any atom is 0.139 e. The van der Waals surface area contributed by atoms with Gasteiger partial charge < -0.3 is 10.8 Å². The Morgan fingerprint density at radius 1 is 1.64 bits per heavy atom. The zero-order chi connectivity index (χ0) is 10.7. The van der Waals surface area contributed by atoms with Crippen molar-refractivity contribution in [3.8, 4) is 11.8 Å². The number of nitriles is 1. The molecule has 0 saturated heterocycles. The summed E-state index contributed by atoms with van der Waals surface area (Å²) in [5, 5.41) is 18.4. The third-order valence-corrected chi connectivity index (χ3v) is 2.56. The molecule has 1 atom stereocenters. The highest BCUT2D eigenvalue weighted by atomic mass is 79.9. The molecule has 0 heterocycles. The Bertz CT molecular complexity index is 409. The molecule has 1 aromatic carbocycles. The average Bonchev–Trinajstić information content (AvgIpc) is 2.18. The van der Waals surface area contributed by atoms with E-state index in [1.807, 2.05) is 6.07 Å². The van der Waals surface area contributed by atoms with Crippen LogP contribution in [0.1, 0.15) is 17.2 Å². The van der Waals surface area contributed by atoms with Crippen LogP contribution in [0.25, 0.3) is 0 Å². The molecule has 0 aliphatic heterocycles. The number of hydrogen-bond donors (Lipinski definition) is 2. The van der Waals surface area contributed by atoms with Gasteiger partial charge in [0.2, 0.25) is 0 Å². The van der Waals surface area contributed by atoms with Crippen molar-refractivity contribution in [1.29, 1.82) is 5.26 Å². The molecule has 72 valence electrons. The fraction of sp³-hybridized carbons (Fsp3) is 0.100. The third kappa shape index (κ3) is 1.79. The van der Waals surface area contributed by atoms with Crippen molar-refractivity contribution in [2.75, 3.05) is 0 Å². The van der Waals surface area contributed by atoms with Crippen LogP contribution < -0.4 is 5.73 Å². The summed E-state index contributed by atoms with van der Waals surface area (Å²) in [5.41, 5.74) is 6.40. The summed E-state index contributed by atoms with van der Waals surface area (Å²) >= 11 is 3.25. The molecule has 1 rings (SSSR count). The van der Waals surface area contributed by atoms with Gasteiger partial charge in [-0.25, -0.2) is 0 Å². The number of phenols is 1. The predicted octanol–water partition coefficient (Wildman–Crippen LogP) is 2.21. The van der Waals surface area contributed by atoms with Crippen LogP contribution >= 0.6 is 15.9 Å². The standard InChI is InChI=1S/C10H9BrN2O/c1-2-8(13)9-7(11)4-3-6(5-12)10(9)14/h2-4,8,14H,1,13H2/t8-/m1/s1. The van der Waals surface area contributed by atoms with Gasteiger partial charge in [-0.05, 0) is 12.1 Å². The van der Waals surface area contributed by atoms with E-state index < -0.39 is 6.04 Å². The second-order valence-electron chi connectivity index (χ2n) is 2.73. The fourth-order valence-corrected chi connectivity index (χ4v) is 1.69. The lowest BCUT2D eigenvalue weighted by atomic mass is 10.0. The van der Waals surface area contributed by atoms with Gasteiger partial charge in [0.15, 0.2) is 0 Å². The van der Waals surface area contributed by atoms with Crippen molar-refractivity contribution in [3.63, 3.8) is 0 Å². The molecular formula is C10H9BrN2O. The Balaban J connectivity index is 3.41. The van der Waals surface area contributed by atoms with Crippen LogP contribution in [-0.4, -0.2) is 5.11 Å². The van der Waals surface area contributed by atoms with Crippen LogP contribution in [0, 0.1) is 11.3 Å². The molecule has 0 radical (unpaired) electrons. The normalized spacial score (nSPS) is 11.8. The number of nitrogens with zero attached hydrogens (tertiary/aromatic N) is 1. The Morgan fingerprint density at radius 3 is 2.79 bits per heavy atom. The molecule has 0 fully saturated rings. The van der Waals surface area contributed by atoms with Gasteiger partial charge in [0.25, 0.3) is 0 Å². The first-order valence-corrected chi connectivity index (χ1v) is 4.70. The van der Waals surface area contributed by atoms with Crippen molar-refractivity contribution in [1.82, 2.24) is 0 Å². The smallest absolute Gasteiger partial charge is 0.139 e. The predicted molar refractivity (Wildman–Crippen MR) is 57.6 cm³/mol. The first kappa shape index (κ1) is 10.8. The van der Waals surface area contributed by atoms with Crippen LogP contribution in [0.5, 0.6) is 5.75 Å². The Labute approximate surface area is 90.6 Å². The highest BCUT2D eigenvalue weighted by Gasteiger charge is 2.15. The fourth-order valence-electron chi connectivity index (χ4n) is 1.11. The number of nitrogens with two attached hydrogens (primary N) is 1. The van der Waals surface area contributed by atoms with Gasteiger partial charge in [0.05, 0.1) is 11.6 Å². The Kier molecular flexibility index (Phi) is 3.28. The summed E-state index contributed by atoms with van der Waals surface area (Å²) < 4.78 is 0.668. The molecule has 0 bridgehead atoms. The van der Waals surface area contributed by atoms with E-state index in [9.17, 15) is 5.11 Å². The minimum atomic E-state index is -0.488. The van der Waals surface area contributed by atoms with Crippen LogP contribution in [0.4, 0.5) is 0 Å². The first-order valence-electron chi connectivity index (χ1n) is 3.91. The molecule has 3 N–H and O–H groups in total. The summed E-state index contributed by atoms with van der Waals surface area (Å²) in [6, 6.07) is 4.60. The van der Waals surface area contributed by atoms with Gasteiger partial charge in [-0.15, -0.1) is 6.58 Å². The Hall–Kier alpha value is -1.31. The number of phenolic OH excluding ortho intramolecular Hbond substituents is 1. The van der Waals surface area contributed by atoms with E-state index in [1.165, 1.54) is 12.1 Å². The average molecular weight is 253 g/mol. The van der Waals surface area contributed by atoms with Crippen LogP contribution in [0.3, 0.4) is 0 Å². The van der Waals surface area contributed by atoms with Gasteiger partial charge in [-0.3, -0.25) is 0 Å². The molecular weight excluding hydrogens is 244 g/mol. The Morgan fingerprint density at radius 2 is 2.29 bits per heavy atom. The highest BCUT2D eigenvalue weighted by Crippen LogP contribution is 2.33. The van der Waals surface area contributed by atoms with Gasteiger partial charge >= 0.3 is 0 Å². The monoisotopic (exact) mass is 252 g/mol. The SMILES string of the molecule is C=C[C@@H](N)c1c(Br)ccc(C#N)c1O. The molecule has 1 aromatic rings. The van der Waals surface area contributed by atoms with E-state index in [2.05, 4.69) is 22.5 Å². The largest absolute Gasteiger partial charge is 0.506 e. The van der Waals surface area contributed by atoms with E-state index in [-0.39, 0.29) is 11.3 Å². The number of rotatable bonds is 2. The molecule has 0 aliphatic rings. The lowest BCUT2D eigenvalue weighted by Crippen LogP contribution is -2.08. The van der Waals surface area contributed by atoms with E-state index in [0.717, 1.165) is 0 Å². The van der Waals surface area contributed by atoms with Gasteiger partial charge in [-0.2, -0.15) is 5.26 Å². The lowest BCUT2D eigenvalue weighted by molar-refractivity contribution is 0.463. The quantitative estimate of drug-likeness (QED) is 0.794. The van der Waals surface area contributed by atoms with Crippen molar-refractivity contribution in [2.24, 2.45) is 5.73 Å². The first-order chi connectivity index (χ1) is 6.61. The van der Waals surface area contributed by atoms with E-state index >= 15 is 0 Å². The van der Waals surface area contributed by atoms with E-state index in [1.54, 1.807) is 6.07 Å². The molecule has 4 heteroatoms. The zero-order valence-electron chi connectivity index (χ0n) is 7.37. The maximum atomic E-state index is 9.69. The highest BCUT2D eigenvalue weighted by molar-refractivity contribution is 9.10. The zero-order valence-corrected chi connectivity index (χ0v) is 8.95. The van der Waals surface area contributed by atoms with Crippen molar-refractivity contribution >= 4 is 15.9 Å². The van der Waals surface area contributed by atoms with Crippen molar-refractivity contribution in [3.05, 3.63) is 40.4 Å². The van der Waals surface area contributed by atoms with Crippen LogP contribution in [0.15, 0.2) is 29.3 Å². The molecule has 3 nitrogen and oxygen atoms in total. The van der Waals surface area contributed by atoms with Gasteiger partial charge in [-0.1, -0.05) is 22.0 Å². The summed E-state index contributed by atoms with van der Waals surface area (Å²) in [6.45, 7) is 3.53. The molecule has 0 unspecified atom stereocenters. The van der Waals surface area contributed by atoms with Gasteiger partial charge in [0, 0.05) is 10.0 Å². The van der Waals surface area contributed by atoms with Crippen molar-refractivity contribution in [2.45, 2.75) is 6.04 Å². The number of aromatic hydroxyl groups is 1. The molecule has 0 spiro atoms. The van der Waals surface area contributed by atoms with Crippen LogP contribution in [0.2, 0.25) is 0 Å². The van der Waals surface area contributed by atoms with E-state index in [4.69, 9.17) is 11.0 Å². The molecule has 0 aliphatic carbocycles. The second kappa shape index (κ2) is 4.27. The summed E-state index contributed by atoms with van der Waals surface area (Å²) in [6.07, 6.45) is 1.50. The molecule has 14 heavy (non-hydrogen) atoms.